The predicted octanol–water partition coefficient (Wildman–Crippen LogP) is 2.13. The molecule has 1 aliphatic heterocycles. The summed E-state index contributed by atoms with van der Waals surface area (Å²) in [7, 11) is -3.54. The van der Waals surface area contributed by atoms with Crippen LogP contribution in [0.25, 0.3) is 0 Å². The largest absolute Gasteiger partial charge is 0.418 e. The fourth-order valence-corrected chi connectivity index (χ4v) is 4.02. The van der Waals surface area contributed by atoms with Crippen molar-refractivity contribution in [2.75, 3.05) is 6.54 Å². The van der Waals surface area contributed by atoms with E-state index >= 15 is 0 Å². The van der Waals surface area contributed by atoms with E-state index in [1.54, 1.807) is 30.3 Å². The summed E-state index contributed by atoms with van der Waals surface area (Å²) in [5.41, 5.74) is 4.64. The highest BCUT2D eigenvalue weighted by Gasteiger charge is 2.29. The van der Waals surface area contributed by atoms with Gasteiger partial charge in [0.15, 0.2) is 9.84 Å². The van der Waals surface area contributed by atoms with Gasteiger partial charge >= 0.3 is 0 Å². The van der Waals surface area contributed by atoms with E-state index < -0.39 is 9.84 Å². The summed E-state index contributed by atoms with van der Waals surface area (Å²) in [6.45, 7) is 0.624. The molecule has 7 nitrogen and oxygen atoms in total. The lowest BCUT2D eigenvalue weighted by Gasteiger charge is -2.09. The number of hydrogen-bond acceptors (Lipinski definition) is 7. The lowest BCUT2D eigenvalue weighted by molar-refractivity contribution is 0.497. The summed E-state index contributed by atoms with van der Waals surface area (Å²) in [5.74, 6) is -0.0802. The molecule has 0 amide bonds. The molecular weight excluding hydrogens is 352 g/mol. The van der Waals surface area contributed by atoms with Crippen molar-refractivity contribution in [3.05, 3.63) is 78.0 Å². The zero-order chi connectivity index (χ0) is 18.0. The average Bonchev–Trinajstić information content (AvgIpc) is 3.32. The summed E-state index contributed by atoms with van der Waals surface area (Å²) in [4.78, 5) is 0.224. The third kappa shape index (κ3) is 3.23. The van der Waals surface area contributed by atoms with Crippen molar-refractivity contribution in [1.29, 1.82) is 0 Å². The van der Waals surface area contributed by atoms with E-state index in [9.17, 15) is 8.42 Å². The number of benzene rings is 2. The van der Waals surface area contributed by atoms with Crippen LogP contribution in [0.3, 0.4) is 0 Å². The maximum atomic E-state index is 12.4. The second-order valence-corrected chi connectivity index (χ2v) is 7.89. The molecule has 2 heterocycles. The number of hydrazone groups is 1. The fourth-order valence-electron chi connectivity index (χ4n) is 2.84. The smallest absolute Gasteiger partial charge is 0.264 e. The molecule has 1 aliphatic rings. The van der Waals surface area contributed by atoms with Crippen LogP contribution in [0.2, 0.25) is 0 Å². The lowest BCUT2D eigenvalue weighted by atomic mass is 9.95. The van der Waals surface area contributed by atoms with Crippen LogP contribution in [0.4, 0.5) is 0 Å². The van der Waals surface area contributed by atoms with E-state index in [1.165, 1.54) is 0 Å². The molecule has 0 saturated carbocycles. The molecule has 132 valence electrons. The third-order valence-corrected chi connectivity index (χ3v) is 5.75. The van der Waals surface area contributed by atoms with Gasteiger partial charge in [0.05, 0.1) is 10.8 Å². The molecular formula is C18H16N4O3S. The summed E-state index contributed by atoms with van der Waals surface area (Å²) in [6, 6.07) is 18.1. The van der Waals surface area contributed by atoms with Crippen molar-refractivity contribution in [1.82, 2.24) is 15.6 Å². The Bertz CT molecular complexity index is 1030. The topological polar surface area (TPSA) is 97.5 Å². The Labute approximate surface area is 150 Å². The summed E-state index contributed by atoms with van der Waals surface area (Å²) >= 11 is 0. The molecule has 2 aromatic carbocycles. The minimum absolute atomic E-state index is 0.0183. The Morgan fingerprint density at radius 2 is 1.69 bits per heavy atom. The van der Waals surface area contributed by atoms with E-state index in [1.807, 2.05) is 30.3 Å². The maximum absolute atomic E-state index is 12.4. The van der Waals surface area contributed by atoms with Gasteiger partial charge in [0.1, 0.15) is 11.5 Å². The minimum atomic E-state index is -3.54. The quantitative estimate of drug-likeness (QED) is 0.741. The van der Waals surface area contributed by atoms with Gasteiger partial charge in [-0.15, -0.1) is 10.2 Å². The first-order chi connectivity index (χ1) is 12.6. The second kappa shape index (κ2) is 6.72. The number of nitrogens with zero attached hydrogens (tertiary/aromatic N) is 3. The zero-order valence-electron chi connectivity index (χ0n) is 13.7. The van der Waals surface area contributed by atoms with Crippen molar-refractivity contribution >= 4 is 15.5 Å². The highest BCUT2D eigenvalue weighted by molar-refractivity contribution is 7.90. The lowest BCUT2D eigenvalue weighted by Crippen LogP contribution is -2.14. The van der Waals surface area contributed by atoms with E-state index in [-0.39, 0.29) is 28.3 Å². The van der Waals surface area contributed by atoms with Gasteiger partial charge in [0, 0.05) is 6.54 Å². The zero-order valence-corrected chi connectivity index (χ0v) is 14.6. The highest BCUT2D eigenvalue weighted by atomic mass is 32.2. The van der Waals surface area contributed by atoms with Crippen molar-refractivity contribution < 1.29 is 12.8 Å². The first-order valence-electron chi connectivity index (χ1n) is 8.09. The second-order valence-electron chi connectivity index (χ2n) is 5.90. The van der Waals surface area contributed by atoms with Gasteiger partial charge in [-0.1, -0.05) is 48.5 Å². The van der Waals surface area contributed by atoms with E-state index in [0.717, 1.165) is 5.56 Å². The van der Waals surface area contributed by atoms with Gasteiger partial charge in [-0.05, 0) is 17.7 Å². The summed E-state index contributed by atoms with van der Waals surface area (Å²) in [5, 5.41) is 12.1. The fraction of sp³-hybridized carbons (Fsp3) is 0.167. The molecule has 0 radical (unpaired) electrons. The van der Waals surface area contributed by atoms with Crippen molar-refractivity contribution in [2.45, 2.75) is 16.6 Å². The van der Waals surface area contributed by atoms with Crippen LogP contribution < -0.4 is 5.43 Å². The SMILES string of the molecule is O=S(=O)(Cc1nnc(C2=NNCC2c2ccccc2)o1)c1ccccc1. The van der Waals surface area contributed by atoms with Crippen LogP contribution in [-0.4, -0.2) is 30.9 Å². The molecule has 0 fully saturated rings. The van der Waals surface area contributed by atoms with Crippen molar-refractivity contribution in [2.24, 2.45) is 5.10 Å². The summed E-state index contributed by atoms with van der Waals surface area (Å²) < 4.78 is 30.5. The molecule has 8 heteroatoms. The number of nitrogens with one attached hydrogen (secondary N) is 1. The third-order valence-electron chi connectivity index (χ3n) is 4.13. The molecule has 3 aromatic rings. The first kappa shape index (κ1) is 16.5. The van der Waals surface area contributed by atoms with Gasteiger partial charge in [-0.25, -0.2) is 8.42 Å². The Hall–Kier alpha value is -3.00. The van der Waals surface area contributed by atoms with E-state index in [4.69, 9.17) is 4.42 Å². The Morgan fingerprint density at radius 3 is 2.42 bits per heavy atom. The molecule has 0 bridgehead atoms. The van der Waals surface area contributed by atoms with Gasteiger partial charge in [-0.2, -0.15) is 5.10 Å². The molecule has 1 unspecified atom stereocenters. The molecule has 1 N–H and O–H groups in total. The Kier molecular flexibility index (Phi) is 4.26. The number of sulfone groups is 1. The van der Waals surface area contributed by atoms with E-state index in [0.29, 0.717) is 12.3 Å². The van der Waals surface area contributed by atoms with Crippen molar-refractivity contribution in [3.8, 4) is 0 Å². The van der Waals surface area contributed by atoms with Crippen LogP contribution in [0.15, 0.2) is 75.1 Å². The van der Waals surface area contributed by atoms with Crippen LogP contribution in [0.5, 0.6) is 0 Å². The highest BCUT2D eigenvalue weighted by Crippen LogP contribution is 2.24. The normalized spacial score (nSPS) is 16.9. The minimum Gasteiger partial charge on any atom is -0.418 e. The molecule has 1 atom stereocenters. The van der Waals surface area contributed by atoms with Crippen LogP contribution in [-0.2, 0) is 15.6 Å². The molecule has 0 spiro atoms. The average molecular weight is 368 g/mol. The van der Waals surface area contributed by atoms with Gasteiger partial charge < -0.3 is 9.84 Å². The Balaban J connectivity index is 1.57. The monoisotopic (exact) mass is 368 g/mol. The van der Waals surface area contributed by atoms with Gasteiger partial charge in [-0.3, -0.25) is 0 Å². The van der Waals surface area contributed by atoms with Crippen LogP contribution >= 0.6 is 0 Å². The standard InChI is InChI=1S/C18H16N4O3S/c23-26(24,14-9-5-2-6-10-14)12-16-20-22-18(25-16)17-15(11-19-21-17)13-7-3-1-4-8-13/h1-10,15,19H,11-12H2. The predicted molar refractivity (Wildman–Crippen MR) is 95.4 cm³/mol. The number of hydrogen-bond donors (Lipinski definition) is 1. The first-order valence-corrected chi connectivity index (χ1v) is 9.75. The van der Waals surface area contributed by atoms with E-state index in [2.05, 4.69) is 20.7 Å². The molecule has 1 aromatic heterocycles. The number of rotatable bonds is 5. The van der Waals surface area contributed by atoms with Crippen LogP contribution in [0.1, 0.15) is 23.3 Å². The molecule has 0 saturated heterocycles. The number of aromatic nitrogens is 2. The molecule has 4 rings (SSSR count). The van der Waals surface area contributed by atoms with Crippen molar-refractivity contribution in [3.63, 3.8) is 0 Å². The molecule has 0 aliphatic carbocycles. The molecule has 26 heavy (non-hydrogen) atoms. The Morgan fingerprint density at radius 1 is 1.00 bits per heavy atom. The van der Waals surface area contributed by atoms with Gasteiger partial charge in [0.2, 0.25) is 5.89 Å². The van der Waals surface area contributed by atoms with Gasteiger partial charge in [0.25, 0.3) is 5.89 Å². The maximum Gasteiger partial charge on any atom is 0.264 e. The van der Waals surface area contributed by atoms with Crippen LogP contribution in [0, 0.1) is 0 Å². The summed E-state index contributed by atoms with van der Waals surface area (Å²) in [6.07, 6.45) is 0.